The van der Waals surface area contributed by atoms with Crippen molar-refractivity contribution in [3.63, 3.8) is 0 Å². The maximum Gasteiger partial charge on any atom is 0.419 e. The molecule has 0 radical (unpaired) electrons. The highest BCUT2D eigenvalue weighted by Crippen LogP contribution is 2.20. The zero-order valence-electron chi connectivity index (χ0n) is 11.3. The third-order valence-electron chi connectivity index (χ3n) is 2.83. The number of nitro groups is 1. The lowest BCUT2D eigenvalue weighted by Crippen LogP contribution is -2.31. The molecule has 0 spiro atoms. The molecule has 12 heteroatoms. The van der Waals surface area contributed by atoms with Gasteiger partial charge in [0.2, 0.25) is 0 Å². The molecule has 0 aliphatic carbocycles. The van der Waals surface area contributed by atoms with Crippen LogP contribution in [0.5, 0.6) is 0 Å². The highest BCUT2D eigenvalue weighted by atomic mass is 32.2. The average molecular weight is 346 g/mol. The Bertz CT molecular complexity index is 761. The van der Waals surface area contributed by atoms with E-state index in [0.29, 0.717) is 4.90 Å². The van der Waals surface area contributed by atoms with Gasteiger partial charge in [0.25, 0.3) is 15.8 Å². The first-order chi connectivity index (χ1) is 10.7. The lowest BCUT2D eigenvalue weighted by Gasteiger charge is -2.09. The van der Waals surface area contributed by atoms with Crippen molar-refractivity contribution in [1.82, 2.24) is 4.90 Å². The number of cyclic esters (lactones) is 1. The molecule has 0 unspecified atom stereocenters. The summed E-state index contributed by atoms with van der Waals surface area (Å²) in [5.74, 6) is 0. The van der Waals surface area contributed by atoms with E-state index >= 15 is 0 Å². The number of hydrogen-bond acceptors (Lipinski definition) is 8. The van der Waals surface area contributed by atoms with Gasteiger partial charge >= 0.3 is 12.2 Å². The summed E-state index contributed by atoms with van der Waals surface area (Å²) in [7, 11) is -4.32. The first-order valence-corrected chi connectivity index (χ1v) is 7.46. The summed E-state index contributed by atoms with van der Waals surface area (Å²) in [4.78, 5) is 31.7. The summed E-state index contributed by atoms with van der Waals surface area (Å²) in [6, 6.07) is 4.21. The van der Waals surface area contributed by atoms with Crippen LogP contribution >= 0.6 is 0 Å². The molecule has 1 N–H and O–H groups in total. The van der Waals surface area contributed by atoms with Crippen molar-refractivity contribution < 1.29 is 37.0 Å². The summed E-state index contributed by atoms with van der Waals surface area (Å²) in [5, 5.41) is 19.3. The number of benzene rings is 1. The highest BCUT2D eigenvalue weighted by molar-refractivity contribution is 7.86. The molecule has 2 amide bonds. The van der Waals surface area contributed by atoms with Crippen molar-refractivity contribution in [2.75, 3.05) is 13.2 Å². The van der Waals surface area contributed by atoms with Crippen molar-refractivity contribution in [3.05, 3.63) is 34.4 Å². The molecule has 1 aliphatic heterocycles. The Labute approximate surface area is 129 Å². The summed E-state index contributed by atoms with van der Waals surface area (Å²) < 4.78 is 33.2. The van der Waals surface area contributed by atoms with E-state index in [2.05, 4.69) is 8.92 Å². The summed E-state index contributed by atoms with van der Waals surface area (Å²) >= 11 is 0. The fraction of sp³-hybridized carbons (Fsp3) is 0.273. The lowest BCUT2D eigenvalue weighted by molar-refractivity contribution is -0.385. The highest BCUT2D eigenvalue weighted by Gasteiger charge is 2.36. The predicted octanol–water partition coefficient (Wildman–Crippen LogP) is 0.799. The smallest absolute Gasteiger partial charge is 0.419 e. The molecule has 1 aromatic carbocycles. The summed E-state index contributed by atoms with van der Waals surface area (Å²) in [6.45, 7) is -0.987. The van der Waals surface area contributed by atoms with E-state index in [9.17, 15) is 28.1 Å². The van der Waals surface area contributed by atoms with Gasteiger partial charge < -0.3 is 9.84 Å². The van der Waals surface area contributed by atoms with Crippen molar-refractivity contribution in [1.29, 1.82) is 0 Å². The van der Waals surface area contributed by atoms with E-state index in [0.717, 1.165) is 18.2 Å². The van der Waals surface area contributed by atoms with Gasteiger partial charge in [-0.3, -0.25) is 14.3 Å². The van der Waals surface area contributed by atoms with Crippen LogP contribution in [0, 0.1) is 10.1 Å². The first kappa shape index (κ1) is 16.6. The second-order valence-electron chi connectivity index (χ2n) is 4.39. The van der Waals surface area contributed by atoms with E-state index in [4.69, 9.17) is 5.11 Å². The molecule has 1 aromatic rings. The van der Waals surface area contributed by atoms with Gasteiger partial charge in [-0.15, -0.1) is 0 Å². The number of non-ortho nitro benzene ring substituents is 1. The minimum absolute atomic E-state index is 0.369. The van der Waals surface area contributed by atoms with Crippen molar-refractivity contribution in [3.8, 4) is 0 Å². The number of carbonyl (C=O) groups is 2. The van der Waals surface area contributed by atoms with Gasteiger partial charge in [0.1, 0.15) is 17.6 Å². The predicted molar refractivity (Wildman–Crippen MR) is 71.2 cm³/mol. The zero-order chi connectivity index (χ0) is 17.2. The lowest BCUT2D eigenvalue weighted by atomic mass is 10.3. The van der Waals surface area contributed by atoms with Gasteiger partial charge in [0.05, 0.1) is 11.5 Å². The summed E-state index contributed by atoms with van der Waals surface area (Å²) in [6.07, 6.45) is -3.75. The monoisotopic (exact) mass is 346 g/mol. The largest absolute Gasteiger partial charge is 0.465 e. The van der Waals surface area contributed by atoms with Crippen molar-refractivity contribution >= 4 is 28.0 Å². The van der Waals surface area contributed by atoms with Gasteiger partial charge in [0.15, 0.2) is 0 Å². The maximum atomic E-state index is 11.9. The van der Waals surface area contributed by atoms with Crippen LogP contribution in [0.1, 0.15) is 0 Å². The van der Waals surface area contributed by atoms with Gasteiger partial charge in [-0.2, -0.15) is 8.42 Å². The molecule has 0 saturated carbocycles. The van der Waals surface area contributed by atoms with E-state index in [-0.39, 0.29) is 6.54 Å². The third kappa shape index (κ3) is 3.73. The molecular weight excluding hydrogens is 336 g/mol. The SMILES string of the molecule is O=C(O)N1C[C@H](COS(=O)(=O)c2cccc([N+](=O)[O-])c2)OC1=O. The zero-order valence-corrected chi connectivity index (χ0v) is 12.1. The molecule has 124 valence electrons. The topological polar surface area (TPSA) is 153 Å². The number of nitro benzene ring substituents is 1. The minimum atomic E-state index is -4.32. The summed E-state index contributed by atoms with van der Waals surface area (Å²) in [5.41, 5.74) is -0.431. The molecule has 1 saturated heterocycles. The van der Waals surface area contributed by atoms with E-state index in [1.807, 2.05) is 0 Å². The minimum Gasteiger partial charge on any atom is -0.465 e. The fourth-order valence-electron chi connectivity index (χ4n) is 1.75. The molecule has 11 nitrogen and oxygen atoms in total. The number of ether oxygens (including phenoxy) is 1. The molecule has 23 heavy (non-hydrogen) atoms. The van der Waals surface area contributed by atoms with Gasteiger partial charge in [-0.25, -0.2) is 14.5 Å². The van der Waals surface area contributed by atoms with Crippen molar-refractivity contribution in [2.24, 2.45) is 0 Å². The Morgan fingerprint density at radius 1 is 1.52 bits per heavy atom. The fourth-order valence-corrected chi connectivity index (χ4v) is 2.73. The van der Waals surface area contributed by atoms with Crippen LogP contribution in [-0.4, -0.2) is 54.8 Å². The second kappa shape index (κ2) is 6.18. The number of nitrogens with zero attached hydrogens (tertiary/aromatic N) is 2. The molecular formula is C11H10N2O9S. The molecule has 2 rings (SSSR count). The van der Waals surface area contributed by atoms with E-state index in [1.54, 1.807) is 0 Å². The van der Waals surface area contributed by atoms with Crippen LogP contribution in [0.2, 0.25) is 0 Å². The molecule has 0 bridgehead atoms. The van der Waals surface area contributed by atoms with Gasteiger partial charge in [0, 0.05) is 12.1 Å². The van der Waals surface area contributed by atoms with Crippen molar-refractivity contribution in [2.45, 2.75) is 11.0 Å². The van der Waals surface area contributed by atoms with Gasteiger partial charge in [-0.1, -0.05) is 6.07 Å². The maximum absolute atomic E-state index is 11.9. The van der Waals surface area contributed by atoms with Crippen LogP contribution in [0.25, 0.3) is 0 Å². The molecule has 1 fully saturated rings. The Kier molecular flexibility index (Phi) is 4.47. The second-order valence-corrected chi connectivity index (χ2v) is 6.01. The first-order valence-electron chi connectivity index (χ1n) is 6.05. The standard InChI is InChI=1S/C11H10N2O9S/c14-10(15)12-5-8(22-11(12)16)6-21-23(19,20)9-3-1-2-7(4-9)13(17)18/h1-4,8H,5-6H2,(H,14,15)/t8-/m1/s1. The Morgan fingerprint density at radius 2 is 2.22 bits per heavy atom. The Morgan fingerprint density at radius 3 is 2.78 bits per heavy atom. The van der Waals surface area contributed by atoms with Crippen LogP contribution < -0.4 is 0 Å². The number of imide groups is 1. The number of rotatable bonds is 5. The van der Waals surface area contributed by atoms with E-state index in [1.165, 1.54) is 6.07 Å². The number of carbonyl (C=O) groups excluding carboxylic acids is 1. The van der Waals surface area contributed by atoms with Crippen LogP contribution in [0.3, 0.4) is 0 Å². The molecule has 1 atom stereocenters. The quantitative estimate of drug-likeness (QED) is 0.463. The number of amides is 2. The number of hydrogen-bond donors (Lipinski definition) is 1. The Hall–Kier alpha value is -2.73. The Balaban J connectivity index is 2.05. The molecule has 0 aromatic heterocycles. The third-order valence-corrected chi connectivity index (χ3v) is 4.11. The van der Waals surface area contributed by atoms with Crippen LogP contribution in [-0.2, 0) is 19.0 Å². The van der Waals surface area contributed by atoms with Crippen LogP contribution in [0.4, 0.5) is 15.3 Å². The average Bonchev–Trinajstić information content (AvgIpc) is 2.87. The van der Waals surface area contributed by atoms with Crippen LogP contribution in [0.15, 0.2) is 29.2 Å². The number of carboxylic acid groups (broad SMARTS) is 1. The van der Waals surface area contributed by atoms with Gasteiger partial charge in [-0.05, 0) is 6.07 Å². The molecule has 1 aliphatic rings. The normalized spacial score (nSPS) is 17.8. The van der Waals surface area contributed by atoms with E-state index < -0.39 is 50.5 Å². The molecule has 1 heterocycles.